The molecule has 0 spiro atoms. The first-order chi connectivity index (χ1) is 10.8. The van der Waals surface area contributed by atoms with Crippen molar-refractivity contribution in [3.63, 3.8) is 0 Å². The van der Waals surface area contributed by atoms with Gasteiger partial charge in [0.15, 0.2) is 0 Å². The molecule has 0 heterocycles. The van der Waals surface area contributed by atoms with Crippen LogP contribution in [0, 0.1) is 0 Å². The first-order valence-corrected chi connectivity index (χ1v) is 8.75. The molecule has 0 saturated heterocycles. The van der Waals surface area contributed by atoms with E-state index in [9.17, 15) is 0 Å². The Hall–Kier alpha value is -1.82. The highest BCUT2D eigenvalue weighted by atomic mass is 14.1. The highest BCUT2D eigenvalue weighted by molar-refractivity contribution is 5.98. The van der Waals surface area contributed by atoms with Crippen molar-refractivity contribution < 1.29 is 0 Å². The predicted molar refractivity (Wildman–Crippen MR) is 98.7 cm³/mol. The molecule has 0 aliphatic rings. The van der Waals surface area contributed by atoms with Gasteiger partial charge in [0.2, 0.25) is 0 Å². The first-order valence-electron chi connectivity index (χ1n) is 8.75. The molecular formula is C22H26. The lowest BCUT2D eigenvalue weighted by atomic mass is 9.97. The Labute approximate surface area is 134 Å². The number of fused-ring (bicyclic) bond motifs is 2. The molecule has 114 valence electrons. The molecule has 0 nitrogen and oxygen atoms in total. The summed E-state index contributed by atoms with van der Waals surface area (Å²) in [4.78, 5) is 0. The van der Waals surface area contributed by atoms with Crippen LogP contribution < -0.4 is 0 Å². The van der Waals surface area contributed by atoms with E-state index in [1.54, 1.807) is 0 Å². The third kappa shape index (κ3) is 3.32. The summed E-state index contributed by atoms with van der Waals surface area (Å²) in [6, 6.07) is 18.6. The Balaban J connectivity index is 1.98. The summed E-state index contributed by atoms with van der Waals surface area (Å²) in [6.07, 6.45) is 7.47. The average Bonchev–Trinajstić information content (AvgIpc) is 2.56. The monoisotopic (exact) mass is 290 g/mol. The zero-order valence-electron chi connectivity index (χ0n) is 13.9. The third-order valence-electron chi connectivity index (χ3n) is 4.56. The molecule has 0 amide bonds. The maximum atomic E-state index is 2.37. The third-order valence-corrected chi connectivity index (χ3v) is 4.56. The molecule has 0 atom stereocenters. The second-order valence-corrected chi connectivity index (χ2v) is 6.42. The van der Waals surface area contributed by atoms with Crippen LogP contribution in [0.5, 0.6) is 0 Å². The van der Waals surface area contributed by atoms with Gasteiger partial charge in [0.1, 0.15) is 0 Å². The summed E-state index contributed by atoms with van der Waals surface area (Å²) < 4.78 is 0. The minimum Gasteiger partial charge on any atom is -0.0654 e. The Morgan fingerprint density at radius 2 is 1.00 bits per heavy atom. The van der Waals surface area contributed by atoms with Crippen LogP contribution in [0.25, 0.3) is 21.5 Å². The molecule has 0 unspecified atom stereocenters. The predicted octanol–water partition coefficient (Wildman–Crippen LogP) is 6.68. The summed E-state index contributed by atoms with van der Waals surface area (Å²) in [5.41, 5.74) is 2.93. The number of aryl methyl sites for hydroxylation is 2. The molecule has 0 aromatic heterocycles. The summed E-state index contributed by atoms with van der Waals surface area (Å²) in [5, 5.41) is 5.48. The second kappa shape index (κ2) is 6.96. The minimum atomic E-state index is 1.19. The van der Waals surface area contributed by atoms with Gasteiger partial charge in [-0.15, -0.1) is 0 Å². The van der Waals surface area contributed by atoms with Gasteiger partial charge in [0, 0.05) is 0 Å². The number of hydrogen-bond acceptors (Lipinski definition) is 0. The van der Waals surface area contributed by atoms with Gasteiger partial charge in [-0.3, -0.25) is 0 Å². The largest absolute Gasteiger partial charge is 0.0654 e. The lowest BCUT2D eigenvalue weighted by Crippen LogP contribution is -1.87. The molecule has 0 aliphatic carbocycles. The maximum absolute atomic E-state index is 2.37. The zero-order valence-corrected chi connectivity index (χ0v) is 13.9. The van der Waals surface area contributed by atoms with Gasteiger partial charge in [0.25, 0.3) is 0 Å². The number of benzene rings is 3. The smallest absolute Gasteiger partial charge is 0.0175 e. The molecule has 0 saturated carbocycles. The molecule has 0 aliphatic heterocycles. The lowest BCUT2D eigenvalue weighted by molar-refractivity contribution is 0.796. The van der Waals surface area contributed by atoms with Crippen LogP contribution in [0.15, 0.2) is 48.5 Å². The van der Waals surface area contributed by atoms with E-state index in [0.29, 0.717) is 0 Å². The van der Waals surface area contributed by atoms with Crippen molar-refractivity contribution in [1.82, 2.24) is 0 Å². The quantitative estimate of drug-likeness (QED) is 0.444. The fourth-order valence-electron chi connectivity index (χ4n) is 3.17. The number of hydrogen-bond donors (Lipinski definition) is 0. The van der Waals surface area contributed by atoms with E-state index in [2.05, 4.69) is 62.4 Å². The summed E-state index contributed by atoms with van der Waals surface area (Å²) in [7, 11) is 0. The lowest BCUT2D eigenvalue weighted by Gasteiger charge is -2.07. The topological polar surface area (TPSA) is 0 Å². The second-order valence-electron chi connectivity index (χ2n) is 6.42. The zero-order chi connectivity index (χ0) is 15.4. The summed E-state index contributed by atoms with van der Waals surface area (Å²) in [6.45, 7) is 4.51. The molecule has 0 bridgehead atoms. The van der Waals surface area contributed by atoms with E-state index in [1.807, 2.05) is 0 Å². The normalized spacial score (nSPS) is 11.4. The molecule has 3 rings (SSSR count). The molecule has 0 heteroatoms. The van der Waals surface area contributed by atoms with Gasteiger partial charge < -0.3 is 0 Å². The van der Waals surface area contributed by atoms with Crippen LogP contribution in [0.2, 0.25) is 0 Å². The van der Waals surface area contributed by atoms with E-state index in [-0.39, 0.29) is 0 Å². The fraction of sp³-hybridized carbons (Fsp3) is 0.364. The van der Waals surface area contributed by atoms with E-state index in [4.69, 9.17) is 0 Å². The Kier molecular flexibility index (Phi) is 4.77. The number of unbranched alkanes of at least 4 members (excludes halogenated alkanes) is 2. The number of rotatable bonds is 6. The van der Waals surface area contributed by atoms with Crippen LogP contribution in [0.4, 0.5) is 0 Å². The summed E-state index contributed by atoms with van der Waals surface area (Å²) >= 11 is 0. The van der Waals surface area contributed by atoms with E-state index < -0.39 is 0 Å². The van der Waals surface area contributed by atoms with Crippen molar-refractivity contribution in [2.24, 2.45) is 0 Å². The fourth-order valence-corrected chi connectivity index (χ4v) is 3.17. The SMILES string of the molecule is CCCCc1ccc2cc3cc(CCCC)ccc3cc2c1. The average molecular weight is 290 g/mol. The molecule has 3 aromatic rings. The molecule has 0 fully saturated rings. The Bertz CT molecular complexity index is 700. The van der Waals surface area contributed by atoms with Gasteiger partial charge in [-0.25, -0.2) is 0 Å². The van der Waals surface area contributed by atoms with Gasteiger partial charge in [-0.2, -0.15) is 0 Å². The van der Waals surface area contributed by atoms with Crippen molar-refractivity contribution in [3.8, 4) is 0 Å². The van der Waals surface area contributed by atoms with Gasteiger partial charge in [-0.05, 0) is 70.5 Å². The molecule has 22 heavy (non-hydrogen) atoms. The van der Waals surface area contributed by atoms with Crippen molar-refractivity contribution in [1.29, 1.82) is 0 Å². The standard InChI is InChI=1S/C22H26/c1-3-5-7-17-9-11-19-16-22-14-18(8-6-4-2)10-12-20(22)15-21(19)13-17/h9-16H,3-8H2,1-2H3. The van der Waals surface area contributed by atoms with Crippen LogP contribution in [-0.4, -0.2) is 0 Å². The van der Waals surface area contributed by atoms with Gasteiger partial charge >= 0.3 is 0 Å². The van der Waals surface area contributed by atoms with E-state index in [0.717, 1.165) is 0 Å². The summed E-state index contributed by atoms with van der Waals surface area (Å²) in [5.74, 6) is 0. The first kappa shape index (κ1) is 15.1. The molecule has 0 N–H and O–H groups in total. The van der Waals surface area contributed by atoms with Crippen molar-refractivity contribution in [2.45, 2.75) is 52.4 Å². The molecule has 0 radical (unpaired) electrons. The van der Waals surface area contributed by atoms with Crippen molar-refractivity contribution in [3.05, 3.63) is 59.7 Å². The maximum Gasteiger partial charge on any atom is -0.0175 e. The highest BCUT2D eigenvalue weighted by Crippen LogP contribution is 2.25. The van der Waals surface area contributed by atoms with Crippen LogP contribution in [0.1, 0.15) is 50.7 Å². The molecule has 3 aromatic carbocycles. The Morgan fingerprint density at radius 1 is 0.545 bits per heavy atom. The van der Waals surface area contributed by atoms with E-state index in [1.165, 1.54) is 71.2 Å². The van der Waals surface area contributed by atoms with Crippen LogP contribution >= 0.6 is 0 Å². The Morgan fingerprint density at radius 3 is 1.41 bits per heavy atom. The van der Waals surface area contributed by atoms with Gasteiger partial charge in [0.05, 0.1) is 0 Å². The van der Waals surface area contributed by atoms with Crippen LogP contribution in [-0.2, 0) is 12.8 Å². The van der Waals surface area contributed by atoms with E-state index >= 15 is 0 Å². The highest BCUT2D eigenvalue weighted by Gasteiger charge is 2.02. The van der Waals surface area contributed by atoms with Crippen molar-refractivity contribution >= 4 is 21.5 Å². The molecular weight excluding hydrogens is 264 g/mol. The van der Waals surface area contributed by atoms with Crippen molar-refractivity contribution in [2.75, 3.05) is 0 Å². The minimum absolute atomic E-state index is 1.19. The van der Waals surface area contributed by atoms with Gasteiger partial charge in [-0.1, -0.05) is 63.1 Å². The van der Waals surface area contributed by atoms with Crippen LogP contribution in [0.3, 0.4) is 0 Å².